The fraction of sp³-hybridized carbons (Fsp3) is 0.400. The number of furan rings is 1. The third-order valence-electron chi connectivity index (χ3n) is 3.81. The lowest BCUT2D eigenvalue weighted by Gasteiger charge is -2.17. The zero-order valence-electron chi connectivity index (χ0n) is 13.6. The second-order valence-electron chi connectivity index (χ2n) is 5.63. The van der Waals surface area contributed by atoms with Crippen molar-refractivity contribution >= 4 is 11.8 Å². The van der Waals surface area contributed by atoms with E-state index >= 15 is 0 Å². The van der Waals surface area contributed by atoms with Gasteiger partial charge in [0.05, 0.1) is 6.61 Å². The molecule has 0 spiro atoms. The van der Waals surface area contributed by atoms with E-state index in [4.69, 9.17) is 19.1 Å². The van der Waals surface area contributed by atoms with E-state index in [1.54, 1.807) is 13.0 Å². The maximum Gasteiger partial charge on any atom is 0.398 e. The number of carbonyl (C=O) groups excluding carboxylic acids is 1. The monoisotopic (exact) mass is 367 g/mol. The van der Waals surface area contributed by atoms with Gasteiger partial charge < -0.3 is 29.3 Å². The van der Waals surface area contributed by atoms with Crippen LogP contribution in [0.2, 0.25) is 0 Å². The highest BCUT2D eigenvalue weighted by Gasteiger charge is 2.43. The standard InChI is InChI=1S/C15H17N3O8/c1-7-2-3-8(24-7)14(22)26-17-10-4-5-18(15(23)16-10)13-12(21)11(20)9(6-19)25-13/h2-5,9,11-13,19-21H,6H2,1H3,(H,16,17,23)/t9-,11-,12-,13-/m1/s1. The van der Waals surface area contributed by atoms with E-state index < -0.39 is 42.8 Å². The van der Waals surface area contributed by atoms with E-state index in [2.05, 4.69) is 10.5 Å². The van der Waals surface area contributed by atoms with Crippen LogP contribution in [0.15, 0.2) is 33.6 Å². The Hall–Kier alpha value is -2.73. The van der Waals surface area contributed by atoms with Crippen molar-refractivity contribution in [3.63, 3.8) is 0 Å². The minimum atomic E-state index is -1.41. The van der Waals surface area contributed by atoms with E-state index in [0.717, 1.165) is 4.57 Å². The molecule has 140 valence electrons. The Morgan fingerprint density at radius 1 is 1.35 bits per heavy atom. The van der Waals surface area contributed by atoms with Gasteiger partial charge in [-0.3, -0.25) is 4.57 Å². The zero-order valence-corrected chi connectivity index (χ0v) is 13.6. The van der Waals surface area contributed by atoms with Crippen molar-refractivity contribution in [1.82, 2.24) is 9.55 Å². The average Bonchev–Trinajstić information content (AvgIpc) is 3.18. The van der Waals surface area contributed by atoms with Crippen molar-refractivity contribution in [2.24, 2.45) is 0 Å². The normalized spacial score (nSPS) is 25.2. The molecule has 2 aromatic heterocycles. The van der Waals surface area contributed by atoms with Crippen LogP contribution in [0, 0.1) is 6.92 Å². The van der Waals surface area contributed by atoms with Gasteiger partial charge in [-0.2, -0.15) is 10.5 Å². The summed E-state index contributed by atoms with van der Waals surface area (Å²) in [6.07, 6.45) is -3.73. The number of hydrogen-bond donors (Lipinski definition) is 4. The Balaban J connectivity index is 1.68. The highest BCUT2D eigenvalue weighted by Crippen LogP contribution is 2.28. The van der Waals surface area contributed by atoms with Crippen LogP contribution in [0.25, 0.3) is 0 Å². The fourth-order valence-corrected chi connectivity index (χ4v) is 2.47. The Kier molecular flexibility index (Phi) is 5.04. The molecule has 1 aliphatic heterocycles. The lowest BCUT2D eigenvalue weighted by atomic mass is 10.1. The summed E-state index contributed by atoms with van der Waals surface area (Å²) in [5.74, 6) is -0.340. The van der Waals surface area contributed by atoms with Crippen LogP contribution in [0.1, 0.15) is 22.5 Å². The Bertz CT molecular complexity index is 847. The first-order valence-electron chi connectivity index (χ1n) is 7.66. The molecule has 0 bridgehead atoms. The number of aliphatic hydroxyl groups excluding tert-OH is 3. The molecule has 0 radical (unpaired) electrons. The van der Waals surface area contributed by atoms with Crippen molar-refractivity contribution in [2.45, 2.75) is 31.5 Å². The summed E-state index contributed by atoms with van der Waals surface area (Å²) in [7, 11) is 0. The van der Waals surface area contributed by atoms with E-state index in [0.29, 0.717) is 5.76 Å². The van der Waals surface area contributed by atoms with Crippen molar-refractivity contribution in [3.8, 4) is 0 Å². The van der Waals surface area contributed by atoms with Gasteiger partial charge in [0.2, 0.25) is 5.76 Å². The largest absolute Gasteiger partial charge is 0.454 e. The minimum Gasteiger partial charge on any atom is -0.454 e. The van der Waals surface area contributed by atoms with E-state index in [9.17, 15) is 19.8 Å². The molecule has 0 amide bonds. The van der Waals surface area contributed by atoms with E-state index in [-0.39, 0.29) is 11.6 Å². The van der Waals surface area contributed by atoms with Crippen molar-refractivity contribution < 1.29 is 34.1 Å². The molecule has 0 unspecified atom stereocenters. The second-order valence-corrected chi connectivity index (χ2v) is 5.63. The summed E-state index contributed by atoms with van der Waals surface area (Å²) in [5.41, 5.74) is 1.40. The van der Waals surface area contributed by atoms with Crippen molar-refractivity contribution in [3.05, 3.63) is 46.4 Å². The second kappa shape index (κ2) is 7.25. The van der Waals surface area contributed by atoms with Gasteiger partial charge in [-0.05, 0) is 19.1 Å². The van der Waals surface area contributed by atoms with Crippen LogP contribution >= 0.6 is 0 Å². The zero-order chi connectivity index (χ0) is 18.8. The number of carbonyl (C=O) groups is 1. The number of nitrogens with one attached hydrogen (secondary N) is 1. The van der Waals surface area contributed by atoms with Crippen molar-refractivity contribution in [1.29, 1.82) is 0 Å². The maximum absolute atomic E-state index is 12.1. The molecule has 26 heavy (non-hydrogen) atoms. The van der Waals surface area contributed by atoms with E-state index in [1.807, 2.05) is 0 Å². The summed E-state index contributed by atoms with van der Waals surface area (Å²) in [5, 5.41) is 28.8. The molecule has 4 N–H and O–H groups in total. The molecular formula is C15H17N3O8. The number of aromatic nitrogens is 2. The van der Waals surface area contributed by atoms with Crippen LogP contribution in [0.5, 0.6) is 0 Å². The average molecular weight is 367 g/mol. The lowest BCUT2D eigenvalue weighted by molar-refractivity contribution is -0.0549. The number of anilines is 1. The van der Waals surface area contributed by atoms with Gasteiger partial charge in [-0.15, -0.1) is 0 Å². The minimum absolute atomic E-state index is 0.0187. The number of rotatable bonds is 5. The van der Waals surface area contributed by atoms with Gasteiger partial charge in [-0.25, -0.2) is 9.59 Å². The van der Waals surface area contributed by atoms with Gasteiger partial charge in [0.15, 0.2) is 12.0 Å². The number of ether oxygens (including phenoxy) is 1. The van der Waals surface area contributed by atoms with Gasteiger partial charge >= 0.3 is 11.7 Å². The summed E-state index contributed by atoms with van der Waals surface area (Å²) < 4.78 is 11.3. The van der Waals surface area contributed by atoms with Crippen LogP contribution < -0.4 is 11.2 Å². The van der Waals surface area contributed by atoms with Gasteiger partial charge in [0.25, 0.3) is 0 Å². The Labute approximate surface area is 146 Å². The van der Waals surface area contributed by atoms with Gasteiger partial charge in [0.1, 0.15) is 24.1 Å². The predicted molar refractivity (Wildman–Crippen MR) is 84.0 cm³/mol. The quantitative estimate of drug-likeness (QED) is 0.480. The molecule has 0 aromatic carbocycles. The summed E-state index contributed by atoms with van der Waals surface area (Å²) in [4.78, 5) is 32.3. The van der Waals surface area contributed by atoms with E-state index in [1.165, 1.54) is 18.3 Å². The Morgan fingerprint density at radius 2 is 2.12 bits per heavy atom. The molecule has 3 rings (SSSR count). The Morgan fingerprint density at radius 3 is 2.69 bits per heavy atom. The third kappa shape index (κ3) is 3.46. The van der Waals surface area contributed by atoms with Gasteiger partial charge in [0, 0.05) is 12.3 Å². The molecule has 2 aromatic rings. The topological polar surface area (TPSA) is 156 Å². The van der Waals surface area contributed by atoms with Crippen LogP contribution in [-0.4, -0.2) is 55.8 Å². The molecule has 3 heterocycles. The summed E-state index contributed by atoms with van der Waals surface area (Å²) >= 11 is 0. The summed E-state index contributed by atoms with van der Waals surface area (Å²) in [6.45, 7) is 1.15. The first kappa shape index (κ1) is 18.1. The smallest absolute Gasteiger partial charge is 0.398 e. The van der Waals surface area contributed by atoms with Crippen LogP contribution in [-0.2, 0) is 9.57 Å². The number of aliphatic hydroxyl groups is 3. The fourth-order valence-electron chi connectivity index (χ4n) is 2.47. The molecule has 11 nitrogen and oxygen atoms in total. The first-order chi connectivity index (χ1) is 12.4. The molecule has 0 saturated carbocycles. The highest BCUT2D eigenvalue weighted by molar-refractivity contribution is 5.86. The summed E-state index contributed by atoms with van der Waals surface area (Å²) in [6, 6.07) is 4.33. The molecule has 1 saturated heterocycles. The van der Waals surface area contributed by atoms with Gasteiger partial charge in [-0.1, -0.05) is 0 Å². The third-order valence-corrected chi connectivity index (χ3v) is 3.81. The molecule has 1 aliphatic rings. The highest BCUT2D eigenvalue weighted by atomic mass is 16.7. The van der Waals surface area contributed by atoms with Crippen LogP contribution in [0.3, 0.4) is 0 Å². The molecule has 1 fully saturated rings. The molecule has 11 heteroatoms. The molecular weight excluding hydrogens is 350 g/mol. The maximum atomic E-state index is 12.1. The molecule has 4 atom stereocenters. The van der Waals surface area contributed by atoms with Crippen LogP contribution in [0.4, 0.5) is 5.82 Å². The van der Waals surface area contributed by atoms with Crippen molar-refractivity contribution in [2.75, 3.05) is 12.1 Å². The number of aryl methyl sites for hydroxylation is 1. The SMILES string of the molecule is Cc1ccc(C(=O)ONc2ccn([C@@H]3O[C@H](CO)[C@@H](O)[C@H]3O)c(=O)n2)o1. The predicted octanol–water partition coefficient (Wildman–Crippen LogP) is -1.06. The lowest BCUT2D eigenvalue weighted by Crippen LogP contribution is -2.36. The first-order valence-corrected chi connectivity index (χ1v) is 7.66. The molecule has 0 aliphatic carbocycles. The number of hydrogen-bond acceptors (Lipinski definition) is 10. The number of nitrogens with zero attached hydrogens (tertiary/aromatic N) is 2.